The van der Waals surface area contributed by atoms with Crippen LogP contribution in [0.5, 0.6) is 5.75 Å². The molecule has 0 aliphatic carbocycles. The van der Waals surface area contributed by atoms with Gasteiger partial charge in [0.05, 0.1) is 19.8 Å². The van der Waals surface area contributed by atoms with Gasteiger partial charge in [0, 0.05) is 12.2 Å². The Morgan fingerprint density at radius 1 is 1.10 bits per heavy atom. The average Bonchev–Trinajstić information content (AvgIpc) is 2.53. The van der Waals surface area contributed by atoms with Gasteiger partial charge in [0.15, 0.2) is 0 Å². The van der Waals surface area contributed by atoms with Crippen molar-refractivity contribution in [2.45, 2.75) is 6.10 Å². The minimum atomic E-state index is -0.754. The van der Waals surface area contributed by atoms with E-state index in [0.29, 0.717) is 6.54 Å². The fourth-order valence-corrected chi connectivity index (χ4v) is 1.91. The van der Waals surface area contributed by atoms with Crippen LogP contribution in [0.4, 0.5) is 5.69 Å². The van der Waals surface area contributed by atoms with E-state index in [9.17, 15) is 5.11 Å². The van der Waals surface area contributed by atoms with E-state index in [2.05, 4.69) is 5.32 Å². The van der Waals surface area contributed by atoms with Crippen LogP contribution in [0.2, 0.25) is 0 Å². The summed E-state index contributed by atoms with van der Waals surface area (Å²) in [6.07, 6.45) is -0.754. The number of nitrogens with one attached hydrogen (secondary N) is 1. The summed E-state index contributed by atoms with van der Waals surface area (Å²) in [5.74, 6) is 0.816. The lowest BCUT2D eigenvalue weighted by Gasteiger charge is -2.11. The summed E-state index contributed by atoms with van der Waals surface area (Å²) in [5.41, 5.74) is 3.03. The highest BCUT2D eigenvalue weighted by Gasteiger charge is 2.03. The quantitative estimate of drug-likeness (QED) is 0.754. The van der Waals surface area contributed by atoms with Crippen LogP contribution in [0.3, 0.4) is 0 Å². The molecule has 0 heterocycles. The van der Waals surface area contributed by atoms with Gasteiger partial charge in [-0.25, -0.2) is 0 Å². The predicted octanol–water partition coefficient (Wildman–Crippen LogP) is 2.13. The third kappa shape index (κ3) is 3.73. The van der Waals surface area contributed by atoms with Gasteiger partial charge in [0.1, 0.15) is 5.75 Å². The van der Waals surface area contributed by atoms with E-state index in [1.807, 2.05) is 48.5 Å². The molecule has 0 amide bonds. The Bertz CT molecular complexity index is 557. The number of hydrogen-bond acceptors (Lipinski definition) is 4. The fraction of sp³-hybridized carbons (Fsp3) is 0.250. The van der Waals surface area contributed by atoms with Crippen molar-refractivity contribution < 1.29 is 14.9 Å². The maximum atomic E-state index is 9.34. The molecule has 0 aliphatic rings. The molecule has 0 saturated carbocycles. The summed E-state index contributed by atoms with van der Waals surface area (Å²) in [4.78, 5) is 0. The highest BCUT2D eigenvalue weighted by molar-refractivity contribution is 5.69. The standard InChI is InChI=1S/C16H19NO3/c1-20-16-7-3-5-13(9-16)12-4-2-6-14(8-12)17-10-15(19)11-18/h2-9,15,17-19H,10-11H2,1H3. The van der Waals surface area contributed by atoms with Gasteiger partial charge >= 0.3 is 0 Å². The second kappa shape index (κ2) is 6.93. The molecule has 3 N–H and O–H groups in total. The Labute approximate surface area is 118 Å². The molecule has 0 aromatic heterocycles. The van der Waals surface area contributed by atoms with Crippen molar-refractivity contribution in [1.29, 1.82) is 0 Å². The van der Waals surface area contributed by atoms with Gasteiger partial charge in [-0.1, -0.05) is 24.3 Å². The number of benzene rings is 2. The van der Waals surface area contributed by atoms with Crippen LogP contribution in [0.15, 0.2) is 48.5 Å². The van der Waals surface area contributed by atoms with E-state index in [1.165, 1.54) is 0 Å². The van der Waals surface area contributed by atoms with E-state index in [-0.39, 0.29) is 6.61 Å². The molecule has 106 valence electrons. The zero-order chi connectivity index (χ0) is 14.4. The van der Waals surface area contributed by atoms with Gasteiger partial charge in [-0.3, -0.25) is 0 Å². The molecule has 20 heavy (non-hydrogen) atoms. The van der Waals surface area contributed by atoms with Crippen LogP contribution in [-0.2, 0) is 0 Å². The maximum absolute atomic E-state index is 9.34. The first-order chi connectivity index (χ1) is 9.72. The second-order valence-corrected chi connectivity index (χ2v) is 4.53. The number of methoxy groups -OCH3 is 1. The van der Waals surface area contributed by atoms with E-state index in [1.54, 1.807) is 7.11 Å². The molecule has 2 rings (SSSR count). The van der Waals surface area contributed by atoms with Gasteiger partial charge in [0.2, 0.25) is 0 Å². The van der Waals surface area contributed by atoms with Gasteiger partial charge in [-0.05, 0) is 35.4 Å². The zero-order valence-electron chi connectivity index (χ0n) is 11.4. The normalized spacial score (nSPS) is 11.9. The average molecular weight is 273 g/mol. The second-order valence-electron chi connectivity index (χ2n) is 4.53. The van der Waals surface area contributed by atoms with Gasteiger partial charge in [-0.2, -0.15) is 0 Å². The van der Waals surface area contributed by atoms with Crippen molar-refractivity contribution in [3.05, 3.63) is 48.5 Å². The minimum Gasteiger partial charge on any atom is -0.497 e. The maximum Gasteiger partial charge on any atom is 0.119 e. The zero-order valence-corrected chi connectivity index (χ0v) is 11.4. The molecule has 0 spiro atoms. The van der Waals surface area contributed by atoms with Gasteiger partial charge < -0.3 is 20.3 Å². The van der Waals surface area contributed by atoms with Gasteiger partial charge in [0.25, 0.3) is 0 Å². The summed E-state index contributed by atoms with van der Waals surface area (Å²) in [6.45, 7) is 0.0701. The molecule has 0 saturated heterocycles. The highest BCUT2D eigenvalue weighted by atomic mass is 16.5. The van der Waals surface area contributed by atoms with Crippen LogP contribution >= 0.6 is 0 Å². The topological polar surface area (TPSA) is 61.7 Å². The van der Waals surface area contributed by atoms with Crippen molar-refractivity contribution in [2.75, 3.05) is 25.6 Å². The third-order valence-corrected chi connectivity index (χ3v) is 3.02. The SMILES string of the molecule is COc1cccc(-c2cccc(NCC(O)CO)c2)c1. The molecule has 1 unspecified atom stereocenters. The van der Waals surface area contributed by atoms with Crippen molar-refractivity contribution in [2.24, 2.45) is 0 Å². The molecular weight excluding hydrogens is 254 g/mol. The van der Waals surface area contributed by atoms with Gasteiger partial charge in [-0.15, -0.1) is 0 Å². The number of aliphatic hydroxyl groups excluding tert-OH is 2. The number of hydrogen-bond donors (Lipinski definition) is 3. The molecule has 0 radical (unpaired) electrons. The predicted molar refractivity (Wildman–Crippen MR) is 80.0 cm³/mol. The van der Waals surface area contributed by atoms with E-state index in [4.69, 9.17) is 9.84 Å². The molecule has 4 heteroatoms. The Kier molecular flexibility index (Phi) is 4.98. The first kappa shape index (κ1) is 14.4. The molecule has 1 atom stereocenters. The van der Waals surface area contributed by atoms with Crippen LogP contribution in [0.25, 0.3) is 11.1 Å². The molecule has 4 nitrogen and oxygen atoms in total. The summed E-state index contributed by atoms with van der Waals surface area (Å²) >= 11 is 0. The lowest BCUT2D eigenvalue weighted by atomic mass is 10.0. The number of rotatable bonds is 6. The first-order valence-electron chi connectivity index (χ1n) is 6.50. The van der Waals surface area contributed by atoms with Crippen LogP contribution < -0.4 is 10.1 Å². The Balaban J connectivity index is 2.16. The molecule has 0 bridgehead atoms. The molecule has 2 aromatic carbocycles. The fourth-order valence-electron chi connectivity index (χ4n) is 1.91. The largest absolute Gasteiger partial charge is 0.497 e. The summed E-state index contributed by atoms with van der Waals surface area (Å²) < 4.78 is 5.22. The summed E-state index contributed by atoms with van der Waals surface area (Å²) in [5, 5.41) is 21.2. The van der Waals surface area contributed by atoms with Crippen molar-refractivity contribution in [1.82, 2.24) is 0 Å². The Hall–Kier alpha value is -2.04. The van der Waals surface area contributed by atoms with E-state index < -0.39 is 6.10 Å². The highest BCUT2D eigenvalue weighted by Crippen LogP contribution is 2.25. The molecule has 2 aromatic rings. The number of aliphatic hydroxyl groups is 2. The lowest BCUT2D eigenvalue weighted by Crippen LogP contribution is -2.22. The van der Waals surface area contributed by atoms with E-state index in [0.717, 1.165) is 22.6 Å². The monoisotopic (exact) mass is 273 g/mol. The molecule has 0 aliphatic heterocycles. The summed E-state index contributed by atoms with van der Waals surface area (Å²) in [6, 6.07) is 15.7. The van der Waals surface area contributed by atoms with E-state index >= 15 is 0 Å². The Morgan fingerprint density at radius 2 is 1.80 bits per heavy atom. The first-order valence-corrected chi connectivity index (χ1v) is 6.50. The van der Waals surface area contributed by atoms with Crippen LogP contribution in [-0.4, -0.2) is 36.6 Å². The Morgan fingerprint density at radius 3 is 2.50 bits per heavy atom. The van der Waals surface area contributed by atoms with Crippen molar-refractivity contribution in [3.63, 3.8) is 0 Å². The number of anilines is 1. The lowest BCUT2D eigenvalue weighted by molar-refractivity contribution is 0.105. The van der Waals surface area contributed by atoms with Crippen LogP contribution in [0, 0.1) is 0 Å². The third-order valence-electron chi connectivity index (χ3n) is 3.02. The molecule has 0 fully saturated rings. The summed E-state index contributed by atoms with van der Waals surface area (Å²) in [7, 11) is 1.65. The number of ether oxygens (including phenoxy) is 1. The smallest absolute Gasteiger partial charge is 0.119 e. The minimum absolute atomic E-state index is 0.247. The van der Waals surface area contributed by atoms with Crippen molar-refractivity contribution >= 4 is 5.69 Å². The van der Waals surface area contributed by atoms with Crippen molar-refractivity contribution in [3.8, 4) is 16.9 Å². The van der Waals surface area contributed by atoms with Crippen LogP contribution in [0.1, 0.15) is 0 Å². The molecular formula is C16H19NO3.